The van der Waals surface area contributed by atoms with E-state index in [4.69, 9.17) is 15.2 Å². The minimum atomic E-state index is -0.913. The van der Waals surface area contributed by atoms with Crippen LogP contribution in [-0.4, -0.2) is 25.5 Å². The largest absolute Gasteiger partial charge is 0.493 e. The maximum absolute atomic E-state index is 12.2. The molecule has 3 N–H and O–H groups in total. The van der Waals surface area contributed by atoms with Gasteiger partial charge in [0.05, 0.1) is 7.11 Å². The van der Waals surface area contributed by atoms with Gasteiger partial charge in [-0.2, -0.15) is 0 Å². The molecule has 1 atom stereocenters. The number of amides is 2. The van der Waals surface area contributed by atoms with Crippen molar-refractivity contribution in [1.82, 2.24) is 5.32 Å². The van der Waals surface area contributed by atoms with Gasteiger partial charge in [-0.3, -0.25) is 9.59 Å². The second-order valence-electron chi connectivity index (χ2n) is 5.58. The highest BCUT2D eigenvalue weighted by Crippen LogP contribution is 2.28. The van der Waals surface area contributed by atoms with Crippen LogP contribution >= 0.6 is 0 Å². The number of hydrogen-bond acceptors (Lipinski definition) is 4. The van der Waals surface area contributed by atoms with E-state index in [0.717, 1.165) is 5.56 Å². The number of nitrogens with one attached hydrogen (secondary N) is 1. The first-order valence-electron chi connectivity index (χ1n) is 8.09. The summed E-state index contributed by atoms with van der Waals surface area (Å²) in [6.07, 6.45) is 2.49. The molecule has 1 unspecified atom stereocenters. The molecule has 0 aliphatic carbocycles. The van der Waals surface area contributed by atoms with Crippen molar-refractivity contribution in [3.8, 4) is 11.5 Å². The molecule has 6 heteroatoms. The van der Waals surface area contributed by atoms with Crippen molar-refractivity contribution in [2.45, 2.75) is 12.5 Å². The molecule has 2 rings (SSSR count). The van der Waals surface area contributed by atoms with Crippen molar-refractivity contribution >= 4 is 11.8 Å². The SMILES string of the molecule is C=CCc1ccc(OCC(=O)NC(C(N)=O)c2ccccc2)c(OC)c1. The molecule has 26 heavy (non-hydrogen) atoms. The zero-order valence-corrected chi connectivity index (χ0v) is 14.6. The van der Waals surface area contributed by atoms with Gasteiger partial charge in [0, 0.05) is 0 Å². The summed E-state index contributed by atoms with van der Waals surface area (Å²) in [7, 11) is 1.53. The predicted octanol–water partition coefficient (Wildman–Crippen LogP) is 2.15. The number of allylic oxidation sites excluding steroid dienone is 1. The summed E-state index contributed by atoms with van der Waals surface area (Å²) in [6, 6.07) is 13.3. The van der Waals surface area contributed by atoms with Gasteiger partial charge in [0.1, 0.15) is 6.04 Å². The van der Waals surface area contributed by atoms with E-state index in [-0.39, 0.29) is 6.61 Å². The van der Waals surface area contributed by atoms with Crippen molar-refractivity contribution in [2.24, 2.45) is 5.73 Å². The molecule has 0 fully saturated rings. The van der Waals surface area contributed by atoms with E-state index in [1.165, 1.54) is 7.11 Å². The quantitative estimate of drug-likeness (QED) is 0.675. The zero-order valence-electron chi connectivity index (χ0n) is 14.6. The van der Waals surface area contributed by atoms with E-state index in [0.29, 0.717) is 23.5 Å². The molecule has 0 heterocycles. The average molecular weight is 354 g/mol. The number of benzene rings is 2. The predicted molar refractivity (Wildman–Crippen MR) is 98.9 cm³/mol. The highest BCUT2D eigenvalue weighted by Gasteiger charge is 2.20. The van der Waals surface area contributed by atoms with Crippen LogP contribution in [0.3, 0.4) is 0 Å². The maximum Gasteiger partial charge on any atom is 0.258 e. The fourth-order valence-corrected chi connectivity index (χ4v) is 2.44. The number of rotatable bonds is 9. The molecule has 0 radical (unpaired) electrons. The summed E-state index contributed by atoms with van der Waals surface area (Å²) in [5.74, 6) is -0.150. The molecule has 0 aromatic heterocycles. The minimum Gasteiger partial charge on any atom is -0.493 e. The lowest BCUT2D eigenvalue weighted by Crippen LogP contribution is -2.39. The average Bonchev–Trinajstić information content (AvgIpc) is 2.65. The number of ether oxygens (including phenoxy) is 2. The molecule has 2 aromatic carbocycles. The Kier molecular flexibility index (Phi) is 6.79. The van der Waals surface area contributed by atoms with Crippen LogP contribution in [0.5, 0.6) is 11.5 Å². The van der Waals surface area contributed by atoms with Crippen molar-refractivity contribution in [3.63, 3.8) is 0 Å². The summed E-state index contributed by atoms with van der Waals surface area (Å²) in [5, 5.41) is 2.58. The van der Waals surface area contributed by atoms with Crippen LogP contribution in [0.2, 0.25) is 0 Å². The van der Waals surface area contributed by atoms with Gasteiger partial charge < -0.3 is 20.5 Å². The second-order valence-corrected chi connectivity index (χ2v) is 5.58. The smallest absolute Gasteiger partial charge is 0.258 e. The van der Waals surface area contributed by atoms with Gasteiger partial charge in [0.25, 0.3) is 5.91 Å². The van der Waals surface area contributed by atoms with Gasteiger partial charge in [0.2, 0.25) is 5.91 Å². The molecule has 6 nitrogen and oxygen atoms in total. The number of carbonyl (C=O) groups is 2. The molecule has 0 aliphatic rings. The van der Waals surface area contributed by atoms with Gasteiger partial charge in [0.15, 0.2) is 18.1 Å². The topological polar surface area (TPSA) is 90.6 Å². The molecule has 136 valence electrons. The lowest BCUT2D eigenvalue weighted by Gasteiger charge is -2.17. The van der Waals surface area contributed by atoms with E-state index < -0.39 is 17.9 Å². The highest BCUT2D eigenvalue weighted by molar-refractivity contribution is 5.88. The van der Waals surface area contributed by atoms with Crippen molar-refractivity contribution in [3.05, 3.63) is 72.3 Å². The van der Waals surface area contributed by atoms with Gasteiger partial charge in [-0.1, -0.05) is 42.5 Å². The van der Waals surface area contributed by atoms with E-state index in [1.807, 2.05) is 18.2 Å². The second kappa shape index (κ2) is 9.27. The number of carbonyl (C=O) groups excluding carboxylic acids is 2. The first kappa shape index (κ1) is 19.1. The molecular formula is C20H22N2O4. The first-order valence-corrected chi connectivity index (χ1v) is 8.09. The Morgan fingerprint density at radius 3 is 2.54 bits per heavy atom. The molecule has 0 saturated carbocycles. The lowest BCUT2D eigenvalue weighted by atomic mass is 10.1. The third-order valence-corrected chi connectivity index (χ3v) is 3.69. The number of methoxy groups -OCH3 is 1. The highest BCUT2D eigenvalue weighted by atomic mass is 16.5. The third-order valence-electron chi connectivity index (χ3n) is 3.69. The van der Waals surface area contributed by atoms with Gasteiger partial charge in [-0.25, -0.2) is 0 Å². The summed E-state index contributed by atoms with van der Waals surface area (Å²) in [4.78, 5) is 23.8. The standard InChI is InChI=1S/C20H22N2O4/c1-3-7-14-10-11-16(17(12-14)25-2)26-13-18(23)22-19(20(21)24)15-8-5-4-6-9-15/h3-6,8-12,19H,1,7,13H2,2H3,(H2,21,24)(H,22,23). The maximum atomic E-state index is 12.2. The molecule has 2 amide bonds. The van der Waals surface area contributed by atoms with Crippen molar-refractivity contribution < 1.29 is 19.1 Å². The van der Waals surface area contributed by atoms with Crippen molar-refractivity contribution in [1.29, 1.82) is 0 Å². The number of nitrogens with two attached hydrogens (primary N) is 1. The van der Waals surface area contributed by atoms with Gasteiger partial charge in [-0.05, 0) is 29.7 Å². The summed E-state index contributed by atoms with van der Waals surface area (Å²) >= 11 is 0. The van der Waals surface area contributed by atoms with E-state index in [2.05, 4.69) is 11.9 Å². The molecule has 0 aliphatic heterocycles. The molecule has 0 bridgehead atoms. The Labute approximate surface area is 152 Å². The van der Waals surface area contributed by atoms with Crippen LogP contribution in [0, 0.1) is 0 Å². The monoisotopic (exact) mass is 354 g/mol. The lowest BCUT2D eigenvalue weighted by molar-refractivity contribution is -0.128. The van der Waals surface area contributed by atoms with Crippen LogP contribution in [-0.2, 0) is 16.0 Å². The zero-order chi connectivity index (χ0) is 18.9. The van der Waals surface area contributed by atoms with Crippen LogP contribution in [0.1, 0.15) is 17.2 Å². The Bertz CT molecular complexity index is 775. The van der Waals surface area contributed by atoms with Gasteiger partial charge in [-0.15, -0.1) is 6.58 Å². The fraction of sp³-hybridized carbons (Fsp3) is 0.200. The number of hydrogen-bond donors (Lipinski definition) is 2. The van der Waals surface area contributed by atoms with E-state index in [1.54, 1.807) is 36.4 Å². The van der Waals surface area contributed by atoms with Crippen LogP contribution in [0.4, 0.5) is 0 Å². The molecular weight excluding hydrogens is 332 g/mol. The normalized spacial score (nSPS) is 11.3. The Morgan fingerprint density at radius 2 is 1.92 bits per heavy atom. The van der Waals surface area contributed by atoms with Crippen LogP contribution in [0.15, 0.2) is 61.2 Å². The summed E-state index contributed by atoms with van der Waals surface area (Å²) < 4.78 is 10.8. The third kappa shape index (κ3) is 5.11. The van der Waals surface area contributed by atoms with Crippen LogP contribution in [0.25, 0.3) is 0 Å². The van der Waals surface area contributed by atoms with E-state index >= 15 is 0 Å². The Morgan fingerprint density at radius 1 is 1.19 bits per heavy atom. The van der Waals surface area contributed by atoms with Crippen LogP contribution < -0.4 is 20.5 Å². The Hall–Kier alpha value is -3.28. The Balaban J connectivity index is 2.01. The first-order chi connectivity index (χ1) is 12.5. The molecule has 0 saturated heterocycles. The number of primary amides is 1. The van der Waals surface area contributed by atoms with Crippen molar-refractivity contribution in [2.75, 3.05) is 13.7 Å². The molecule has 2 aromatic rings. The van der Waals surface area contributed by atoms with E-state index in [9.17, 15) is 9.59 Å². The van der Waals surface area contributed by atoms with Gasteiger partial charge >= 0.3 is 0 Å². The minimum absolute atomic E-state index is 0.270. The molecule has 0 spiro atoms. The summed E-state index contributed by atoms with van der Waals surface area (Å²) in [5.41, 5.74) is 7.02. The summed E-state index contributed by atoms with van der Waals surface area (Å²) in [6.45, 7) is 3.43. The fourth-order valence-electron chi connectivity index (χ4n) is 2.44.